The molecule has 0 spiro atoms. The molecule has 0 heterocycles. The van der Waals surface area contributed by atoms with Gasteiger partial charge in [0.2, 0.25) is 0 Å². The van der Waals surface area contributed by atoms with E-state index in [1.807, 2.05) is 63.5 Å². The first kappa shape index (κ1) is 12.3. The van der Waals surface area contributed by atoms with Gasteiger partial charge >= 0.3 is 0 Å². The van der Waals surface area contributed by atoms with Crippen molar-refractivity contribution < 1.29 is 0 Å². The molecule has 3 heteroatoms. The zero-order chi connectivity index (χ0) is 13.0. The average Bonchev–Trinajstić information content (AvgIpc) is 2.38. The lowest BCUT2D eigenvalue weighted by molar-refractivity contribution is 1.12. The summed E-state index contributed by atoms with van der Waals surface area (Å²) in [4.78, 5) is 2.07. The average molecular weight is 239 g/mol. The van der Waals surface area contributed by atoms with Crippen LogP contribution < -0.4 is 4.90 Å². The molecule has 0 amide bonds. The van der Waals surface area contributed by atoms with Crippen LogP contribution in [0.4, 0.5) is 17.1 Å². The van der Waals surface area contributed by atoms with Crippen molar-refractivity contribution in [3.8, 4) is 0 Å². The van der Waals surface area contributed by atoms with Crippen LogP contribution in [0.3, 0.4) is 0 Å². The van der Waals surface area contributed by atoms with Crippen LogP contribution >= 0.6 is 0 Å². The summed E-state index contributed by atoms with van der Waals surface area (Å²) in [6.45, 7) is 2.05. The SMILES string of the molecule is Cc1cc(N(C)C)ccc1N=Nc1ccccc1. The van der Waals surface area contributed by atoms with Crippen LogP contribution in [-0.2, 0) is 0 Å². The number of rotatable bonds is 3. The summed E-state index contributed by atoms with van der Waals surface area (Å²) < 4.78 is 0. The monoisotopic (exact) mass is 239 g/mol. The standard InChI is InChI=1S/C15H17N3/c1-12-11-14(18(2)3)9-10-15(12)17-16-13-7-5-4-6-8-13/h4-11H,1-3H3. The molecule has 2 rings (SSSR count). The molecule has 0 aliphatic rings. The van der Waals surface area contributed by atoms with E-state index in [1.165, 1.54) is 5.69 Å². The fourth-order valence-corrected chi connectivity index (χ4v) is 1.64. The zero-order valence-electron chi connectivity index (χ0n) is 11.0. The molecule has 0 radical (unpaired) electrons. The van der Waals surface area contributed by atoms with Gasteiger partial charge in [0.25, 0.3) is 0 Å². The molecule has 3 nitrogen and oxygen atoms in total. The maximum absolute atomic E-state index is 4.28. The van der Waals surface area contributed by atoms with Crippen LogP contribution in [0.5, 0.6) is 0 Å². The van der Waals surface area contributed by atoms with E-state index in [9.17, 15) is 0 Å². The zero-order valence-corrected chi connectivity index (χ0v) is 11.0. The number of azo groups is 1. The normalized spacial score (nSPS) is 10.8. The third-order valence-corrected chi connectivity index (χ3v) is 2.73. The molecule has 0 aromatic heterocycles. The molecule has 0 unspecified atom stereocenters. The van der Waals surface area contributed by atoms with E-state index in [1.54, 1.807) is 0 Å². The number of aryl methyl sites for hydroxylation is 1. The van der Waals surface area contributed by atoms with Crippen LogP contribution in [0.15, 0.2) is 58.8 Å². The second-order valence-electron chi connectivity index (χ2n) is 4.40. The van der Waals surface area contributed by atoms with Crippen LogP contribution in [0, 0.1) is 6.92 Å². The molecule has 0 aliphatic heterocycles. The summed E-state index contributed by atoms with van der Waals surface area (Å²) in [5.41, 5.74) is 4.07. The number of benzene rings is 2. The first-order valence-electron chi connectivity index (χ1n) is 5.91. The van der Waals surface area contributed by atoms with Gasteiger partial charge in [-0.1, -0.05) is 18.2 Å². The first-order valence-corrected chi connectivity index (χ1v) is 5.91. The summed E-state index contributed by atoms with van der Waals surface area (Å²) in [5, 5.41) is 8.51. The fraction of sp³-hybridized carbons (Fsp3) is 0.200. The van der Waals surface area contributed by atoms with Crippen molar-refractivity contribution in [1.82, 2.24) is 0 Å². The van der Waals surface area contributed by atoms with Crippen molar-refractivity contribution in [2.24, 2.45) is 10.2 Å². The summed E-state index contributed by atoms with van der Waals surface area (Å²) in [7, 11) is 4.06. The van der Waals surface area contributed by atoms with E-state index in [0.29, 0.717) is 0 Å². The second kappa shape index (κ2) is 5.45. The van der Waals surface area contributed by atoms with E-state index in [-0.39, 0.29) is 0 Å². The van der Waals surface area contributed by atoms with Gasteiger partial charge in [0.15, 0.2) is 0 Å². The van der Waals surface area contributed by atoms with Crippen molar-refractivity contribution >= 4 is 17.1 Å². The molecule has 0 fully saturated rings. The molecular formula is C15H17N3. The molecule has 0 N–H and O–H groups in total. The molecule has 2 aromatic rings. The summed E-state index contributed by atoms with van der Waals surface area (Å²) in [6, 6.07) is 15.9. The minimum Gasteiger partial charge on any atom is -0.378 e. The highest BCUT2D eigenvalue weighted by Crippen LogP contribution is 2.25. The number of nitrogens with zero attached hydrogens (tertiary/aromatic N) is 3. The van der Waals surface area contributed by atoms with Crippen LogP contribution in [-0.4, -0.2) is 14.1 Å². The van der Waals surface area contributed by atoms with E-state index in [2.05, 4.69) is 21.2 Å². The molecule has 0 bridgehead atoms. The molecule has 0 aliphatic carbocycles. The molecule has 0 saturated carbocycles. The van der Waals surface area contributed by atoms with Gasteiger partial charge in [-0.3, -0.25) is 0 Å². The van der Waals surface area contributed by atoms with Gasteiger partial charge < -0.3 is 4.90 Å². The Balaban J connectivity index is 2.22. The number of hydrogen-bond donors (Lipinski definition) is 0. The van der Waals surface area contributed by atoms with Gasteiger partial charge in [-0.25, -0.2) is 0 Å². The van der Waals surface area contributed by atoms with Gasteiger partial charge in [0.1, 0.15) is 0 Å². The Morgan fingerprint density at radius 2 is 1.61 bits per heavy atom. The van der Waals surface area contributed by atoms with Crippen molar-refractivity contribution in [2.45, 2.75) is 6.92 Å². The second-order valence-corrected chi connectivity index (χ2v) is 4.40. The predicted molar refractivity (Wildman–Crippen MR) is 76.1 cm³/mol. The topological polar surface area (TPSA) is 28.0 Å². The Hall–Kier alpha value is -2.16. The van der Waals surface area contributed by atoms with E-state index >= 15 is 0 Å². The lowest BCUT2D eigenvalue weighted by Gasteiger charge is -2.13. The Kier molecular flexibility index (Phi) is 3.72. The lowest BCUT2D eigenvalue weighted by Crippen LogP contribution is -2.08. The van der Waals surface area contributed by atoms with Gasteiger partial charge in [0.05, 0.1) is 11.4 Å². The molecule has 0 saturated heterocycles. The Morgan fingerprint density at radius 1 is 0.889 bits per heavy atom. The van der Waals surface area contributed by atoms with E-state index in [0.717, 1.165) is 16.9 Å². The maximum Gasteiger partial charge on any atom is 0.0887 e. The quantitative estimate of drug-likeness (QED) is 0.726. The fourth-order valence-electron chi connectivity index (χ4n) is 1.64. The van der Waals surface area contributed by atoms with Crippen LogP contribution in [0.2, 0.25) is 0 Å². The van der Waals surface area contributed by atoms with Gasteiger partial charge in [-0.15, -0.1) is 0 Å². The Morgan fingerprint density at radius 3 is 2.22 bits per heavy atom. The van der Waals surface area contributed by atoms with Crippen LogP contribution in [0.25, 0.3) is 0 Å². The number of anilines is 1. The van der Waals surface area contributed by atoms with Crippen molar-refractivity contribution in [1.29, 1.82) is 0 Å². The minimum atomic E-state index is 0.869. The highest BCUT2D eigenvalue weighted by Gasteiger charge is 2.00. The Labute approximate surface area is 108 Å². The molecule has 0 atom stereocenters. The highest BCUT2D eigenvalue weighted by atomic mass is 15.1. The third kappa shape index (κ3) is 2.94. The molecule has 92 valence electrons. The van der Waals surface area contributed by atoms with Gasteiger partial charge in [-0.05, 0) is 42.8 Å². The lowest BCUT2D eigenvalue weighted by atomic mass is 10.2. The van der Waals surface area contributed by atoms with Gasteiger partial charge in [0, 0.05) is 19.8 Å². The van der Waals surface area contributed by atoms with E-state index in [4.69, 9.17) is 0 Å². The summed E-state index contributed by atoms with van der Waals surface area (Å²) in [5.74, 6) is 0. The molecular weight excluding hydrogens is 222 g/mol. The summed E-state index contributed by atoms with van der Waals surface area (Å²) >= 11 is 0. The highest BCUT2D eigenvalue weighted by molar-refractivity contribution is 5.57. The largest absolute Gasteiger partial charge is 0.378 e. The van der Waals surface area contributed by atoms with Crippen molar-refractivity contribution in [3.63, 3.8) is 0 Å². The van der Waals surface area contributed by atoms with Crippen LogP contribution in [0.1, 0.15) is 5.56 Å². The Bertz CT molecular complexity index is 545. The molecule has 2 aromatic carbocycles. The molecule has 18 heavy (non-hydrogen) atoms. The number of hydrogen-bond acceptors (Lipinski definition) is 3. The third-order valence-electron chi connectivity index (χ3n) is 2.73. The first-order chi connectivity index (χ1) is 8.66. The maximum atomic E-state index is 4.28. The summed E-state index contributed by atoms with van der Waals surface area (Å²) in [6.07, 6.45) is 0. The smallest absolute Gasteiger partial charge is 0.0887 e. The van der Waals surface area contributed by atoms with Crippen molar-refractivity contribution in [3.05, 3.63) is 54.1 Å². The van der Waals surface area contributed by atoms with E-state index < -0.39 is 0 Å². The van der Waals surface area contributed by atoms with Crippen molar-refractivity contribution in [2.75, 3.05) is 19.0 Å². The predicted octanol–water partition coefficient (Wildman–Crippen LogP) is 4.48. The van der Waals surface area contributed by atoms with Gasteiger partial charge in [-0.2, -0.15) is 10.2 Å². The minimum absolute atomic E-state index is 0.869.